The number of hydrogen-bond donors (Lipinski definition) is 2. The quantitative estimate of drug-likeness (QED) is 0.757. The van der Waals surface area contributed by atoms with Crippen LogP contribution in [0.3, 0.4) is 0 Å². The van der Waals surface area contributed by atoms with Gasteiger partial charge in [-0.2, -0.15) is 5.10 Å². The summed E-state index contributed by atoms with van der Waals surface area (Å²) in [6.07, 6.45) is 3.86. The Morgan fingerprint density at radius 2 is 2.09 bits per heavy atom. The third-order valence-electron chi connectivity index (χ3n) is 3.80. The van der Waals surface area contributed by atoms with Crippen LogP contribution < -0.4 is 10.9 Å². The fraction of sp³-hybridized carbons (Fsp3) is 0.353. The van der Waals surface area contributed by atoms with Gasteiger partial charge < -0.3 is 10.3 Å². The Labute approximate surface area is 134 Å². The van der Waals surface area contributed by atoms with Crippen molar-refractivity contribution in [3.05, 3.63) is 58.4 Å². The highest BCUT2D eigenvalue weighted by Crippen LogP contribution is 2.11. The molecule has 2 N–H and O–H groups in total. The predicted octanol–water partition coefficient (Wildman–Crippen LogP) is 2.17. The van der Waals surface area contributed by atoms with Crippen molar-refractivity contribution in [3.63, 3.8) is 0 Å². The summed E-state index contributed by atoms with van der Waals surface area (Å²) in [5, 5.41) is 8.36. The van der Waals surface area contributed by atoms with Gasteiger partial charge in [0.05, 0.1) is 29.7 Å². The first kappa shape index (κ1) is 15.4. The molecule has 0 saturated heterocycles. The summed E-state index contributed by atoms with van der Waals surface area (Å²) in [6, 6.07) is 7.51. The number of H-pyrrole nitrogens is 1. The van der Waals surface area contributed by atoms with Crippen LogP contribution in [0.5, 0.6) is 0 Å². The Morgan fingerprint density at radius 1 is 1.30 bits per heavy atom. The minimum absolute atomic E-state index is 0.0565. The molecule has 0 saturated carbocycles. The number of hydrogen-bond acceptors (Lipinski definition) is 4. The lowest BCUT2D eigenvalue weighted by atomic mass is 10.2. The maximum Gasteiger partial charge on any atom is 0.258 e. The van der Waals surface area contributed by atoms with E-state index in [-0.39, 0.29) is 17.6 Å². The second-order valence-corrected chi connectivity index (χ2v) is 6.00. The molecule has 3 aromatic rings. The molecule has 120 valence electrons. The lowest BCUT2D eigenvalue weighted by Gasteiger charge is -2.19. The highest BCUT2D eigenvalue weighted by molar-refractivity contribution is 5.77. The number of benzene rings is 1. The van der Waals surface area contributed by atoms with Gasteiger partial charge in [0.15, 0.2) is 0 Å². The second kappa shape index (κ2) is 6.34. The van der Waals surface area contributed by atoms with Crippen molar-refractivity contribution in [2.45, 2.75) is 39.4 Å². The molecule has 0 aliphatic heterocycles. The van der Waals surface area contributed by atoms with Gasteiger partial charge in [-0.05, 0) is 38.5 Å². The SMILES string of the molecule is Cc1cnn(C[C@@H](C)N[C@@H](C)c2nc3ccccc3c(=O)[nH]2)c1. The molecule has 0 aliphatic rings. The first-order valence-electron chi connectivity index (χ1n) is 7.77. The zero-order chi connectivity index (χ0) is 16.4. The van der Waals surface area contributed by atoms with E-state index >= 15 is 0 Å². The first-order chi connectivity index (χ1) is 11.0. The van der Waals surface area contributed by atoms with E-state index in [4.69, 9.17) is 0 Å². The number of aromatic amines is 1. The molecule has 6 heteroatoms. The molecule has 6 nitrogen and oxygen atoms in total. The molecule has 23 heavy (non-hydrogen) atoms. The third kappa shape index (κ3) is 3.48. The van der Waals surface area contributed by atoms with Crippen molar-refractivity contribution in [2.24, 2.45) is 0 Å². The zero-order valence-corrected chi connectivity index (χ0v) is 13.6. The standard InChI is InChI=1S/C17H21N5O/c1-11-8-18-22(9-11)10-12(2)19-13(3)16-20-15-7-5-4-6-14(15)17(23)21-16/h4-9,12-13,19H,10H2,1-3H3,(H,20,21,23)/t12-,13+/m1/s1. The van der Waals surface area contributed by atoms with Crippen LogP contribution in [0.1, 0.15) is 31.3 Å². The summed E-state index contributed by atoms with van der Waals surface area (Å²) < 4.78 is 1.91. The molecular weight excluding hydrogens is 290 g/mol. The lowest BCUT2D eigenvalue weighted by molar-refractivity contribution is 0.404. The summed E-state index contributed by atoms with van der Waals surface area (Å²) in [7, 11) is 0. The summed E-state index contributed by atoms with van der Waals surface area (Å²) in [5.41, 5.74) is 1.76. The Hall–Kier alpha value is -2.47. The molecule has 0 unspecified atom stereocenters. The van der Waals surface area contributed by atoms with E-state index in [0.717, 1.165) is 17.6 Å². The summed E-state index contributed by atoms with van der Waals surface area (Å²) >= 11 is 0. The highest BCUT2D eigenvalue weighted by atomic mass is 16.1. The third-order valence-corrected chi connectivity index (χ3v) is 3.80. The lowest BCUT2D eigenvalue weighted by Crippen LogP contribution is -2.34. The average molecular weight is 311 g/mol. The van der Waals surface area contributed by atoms with Gasteiger partial charge in [-0.3, -0.25) is 9.48 Å². The van der Waals surface area contributed by atoms with Gasteiger partial charge in [0.1, 0.15) is 5.82 Å². The smallest absolute Gasteiger partial charge is 0.258 e. The molecule has 0 amide bonds. The molecule has 0 fully saturated rings. The Kier molecular flexibility index (Phi) is 4.25. The average Bonchev–Trinajstić information content (AvgIpc) is 2.92. The molecule has 2 aromatic heterocycles. The monoisotopic (exact) mass is 311 g/mol. The van der Waals surface area contributed by atoms with Gasteiger partial charge in [-0.25, -0.2) is 4.98 Å². The molecule has 0 aliphatic carbocycles. The number of aromatic nitrogens is 4. The van der Waals surface area contributed by atoms with Crippen molar-refractivity contribution in [1.82, 2.24) is 25.1 Å². The van der Waals surface area contributed by atoms with Crippen LogP contribution in [-0.2, 0) is 6.54 Å². The van der Waals surface area contributed by atoms with Gasteiger partial charge >= 0.3 is 0 Å². The fourth-order valence-electron chi connectivity index (χ4n) is 2.72. The van der Waals surface area contributed by atoms with E-state index in [1.54, 1.807) is 6.07 Å². The van der Waals surface area contributed by atoms with Crippen molar-refractivity contribution in [1.29, 1.82) is 0 Å². The maximum absolute atomic E-state index is 12.1. The van der Waals surface area contributed by atoms with Crippen LogP contribution in [0.15, 0.2) is 41.5 Å². The van der Waals surface area contributed by atoms with E-state index < -0.39 is 0 Å². The van der Waals surface area contributed by atoms with Crippen LogP contribution >= 0.6 is 0 Å². The number of aryl methyl sites for hydroxylation is 1. The molecule has 0 spiro atoms. The molecule has 2 atom stereocenters. The van der Waals surface area contributed by atoms with Crippen LogP contribution in [0, 0.1) is 6.92 Å². The normalized spacial score (nSPS) is 14.0. The second-order valence-electron chi connectivity index (χ2n) is 6.00. The van der Waals surface area contributed by atoms with Gasteiger partial charge in [0.25, 0.3) is 5.56 Å². The van der Waals surface area contributed by atoms with Crippen molar-refractivity contribution >= 4 is 10.9 Å². The molecule has 0 bridgehead atoms. The number of fused-ring (bicyclic) bond motifs is 1. The van der Waals surface area contributed by atoms with E-state index in [1.807, 2.05) is 49.1 Å². The zero-order valence-electron chi connectivity index (χ0n) is 13.6. The van der Waals surface area contributed by atoms with E-state index in [0.29, 0.717) is 11.2 Å². The Morgan fingerprint density at radius 3 is 2.83 bits per heavy atom. The predicted molar refractivity (Wildman–Crippen MR) is 90.3 cm³/mol. The minimum Gasteiger partial charge on any atom is -0.309 e. The van der Waals surface area contributed by atoms with Crippen LogP contribution in [-0.4, -0.2) is 25.8 Å². The van der Waals surface area contributed by atoms with Gasteiger partial charge in [-0.15, -0.1) is 0 Å². The highest BCUT2D eigenvalue weighted by Gasteiger charge is 2.14. The number of nitrogens with zero attached hydrogens (tertiary/aromatic N) is 3. The van der Waals surface area contributed by atoms with Crippen molar-refractivity contribution in [3.8, 4) is 0 Å². The van der Waals surface area contributed by atoms with Crippen molar-refractivity contribution < 1.29 is 0 Å². The summed E-state index contributed by atoms with van der Waals surface area (Å²) in [6.45, 7) is 6.87. The molecule has 3 rings (SSSR count). The summed E-state index contributed by atoms with van der Waals surface area (Å²) in [5.74, 6) is 0.650. The first-order valence-corrected chi connectivity index (χ1v) is 7.77. The molecular formula is C17H21N5O. The molecule has 0 radical (unpaired) electrons. The van der Waals surface area contributed by atoms with E-state index in [1.165, 1.54) is 0 Å². The summed E-state index contributed by atoms with van der Waals surface area (Å²) in [4.78, 5) is 19.6. The number of nitrogens with one attached hydrogen (secondary N) is 2. The number of rotatable bonds is 5. The van der Waals surface area contributed by atoms with Crippen LogP contribution in [0.25, 0.3) is 10.9 Å². The maximum atomic E-state index is 12.1. The van der Waals surface area contributed by atoms with Gasteiger partial charge in [-0.1, -0.05) is 12.1 Å². The minimum atomic E-state index is -0.102. The van der Waals surface area contributed by atoms with Gasteiger partial charge in [0.2, 0.25) is 0 Å². The molecule has 2 heterocycles. The Bertz CT molecular complexity index is 867. The Balaban J connectivity index is 1.75. The molecule has 1 aromatic carbocycles. The largest absolute Gasteiger partial charge is 0.309 e. The van der Waals surface area contributed by atoms with Crippen LogP contribution in [0.2, 0.25) is 0 Å². The number of para-hydroxylation sites is 1. The fourth-order valence-corrected chi connectivity index (χ4v) is 2.72. The van der Waals surface area contributed by atoms with Crippen LogP contribution in [0.4, 0.5) is 0 Å². The van der Waals surface area contributed by atoms with E-state index in [9.17, 15) is 4.79 Å². The van der Waals surface area contributed by atoms with Gasteiger partial charge in [0, 0.05) is 12.2 Å². The van der Waals surface area contributed by atoms with E-state index in [2.05, 4.69) is 27.3 Å². The van der Waals surface area contributed by atoms with Crippen molar-refractivity contribution in [2.75, 3.05) is 0 Å². The topological polar surface area (TPSA) is 75.6 Å².